The van der Waals surface area contributed by atoms with Crippen LogP contribution in [0.25, 0.3) is 11.1 Å². The van der Waals surface area contributed by atoms with Gasteiger partial charge in [-0.15, -0.1) is 0 Å². The average Bonchev–Trinajstić information content (AvgIpc) is 3.16. The Morgan fingerprint density at radius 2 is 1.81 bits per heavy atom. The van der Waals surface area contributed by atoms with E-state index in [2.05, 4.69) is 4.98 Å². The Morgan fingerprint density at radius 3 is 2.58 bits per heavy atom. The number of ether oxygens (including phenoxy) is 1. The van der Waals surface area contributed by atoms with Gasteiger partial charge in [0.2, 0.25) is 5.89 Å². The summed E-state index contributed by atoms with van der Waals surface area (Å²) in [5.41, 5.74) is 3.41. The number of aryl methyl sites for hydroxylation is 1. The highest BCUT2D eigenvalue weighted by Crippen LogP contribution is 2.22. The highest BCUT2D eigenvalue weighted by atomic mass is 35.5. The molecule has 1 amide bonds. The molecule has 0 saturated heterocycles. The van der Waals surface area contributed by atoms with Crippen molar-refractivity contribution < 1.29 is 13.9 Å². The topological polar surface area (TPSA) is 55.6 Å². The van der Waals surface area contributed by atoms with Crippen LogP contribution in [0, 0.1) is 6.92 Å². The first-order chi connectivity index (χ1) is 15.0. The first-order valence-electron chi connectivity index (χ1n) is 10.1. The molecule has 0 spiro atoms. The fraction of sp³-hybridized carbons (Fsp3) is 0.200. The lowest BCUT2D eigenvalue weighted by atomic mass is 10.2. The summed E-state index contributed by atoms with van der Waals surface area (Å²) in [5, 5.41) is 0.602. The van der Waals surface area contributed by atoms with E-state index in [9.17, 15) is 4.79 Å². The molecular formula is C25H23ClN2O3. The molecule has 1 aromatic heterocycles. The van der Waals surface area contributed by atoms with Gasteiger partial charge in [0, 0.05) is 11.6 Å². The Balaban J connectivity index is 1.59. The fourth-order valence-electron chi connectivity index (χ4n) is 3.37. The molecule has 158 valence electrons. The van der Waals surface area contributed by atoms with Gasteiger partial charge in [-0.25, -0.2) is 4.98 Å². The molecule has 4 rings (SSSR count). The van der Waals surface area contributed by atoms with Gasteiger partial charge in [0.15, 0.2) is 11.7 Å². The van der Waals surface area contributed by atoms with Gasteiger partial charge in [0.05, 0.1) is 6.54 Å². The number of halogens is 1. The molecule has 1 heterocycles. The molecular weight excluding hydrogens is 412 g/mol. The number of carbonyl (C=O) groups is 1. The number of rotatable bonds is 7. The van der Waals surface area contributed by atoms with Gasteiger partial charge in [-0.2, -0.15) is 0 Å². The molecule has 6 heteroatoms. The Hall–Kier alpha value is -3.31. The quantitative estimate of drug-likeness (QED) is 0.369. The normalized spacial score (nSPS) is 12.0. The third-order valence-corrected chi connectivity index (χ3v) is 5.32. The third-order valence-electron chi connectivity index (χ3n) is 4.95. The van der Waals surface area contributed by atoms with Gasteiger partial charge in [-0.05, 0) is 55.3 Å². The highest BCUT2D eigenvalue weighted by Gasteiger charge is 2.25. The molecule has 0 radical (unpaired) electrons. The van der Waals surface area contributed by atoms with Gasteiger partial charge < -0.3 is 14.1 Å². The van der Waals surface area contributed by atoms with Gasteiger partial charge in [-0.1, -0.05) is 54.1 Å². The maximum atomic E-state index is 13.3. The zero-order valence-electron chi connectivity index (χ0n) is 17.4. The molecule has 5 nitrogen and oxygen atoms in total. The number of para-hydroxylation sites is 1. The monoisotopic (exact) mass is 434 g/mol. The van der Waals surface area contributed by atoms with Crippen molar-refractivity contribution in [2.75, 3.05) is 0 Å². The molecule has 0 aliphatic rings. The van der Waals surface area contributed by atoms with Crippen LogP contribution in [0.2, 0.25) is 5.02 Å². The van der Waals surface area contributed by atoms with Gasteiger partial charge >= 0.3 is 0 Å². The second-order valence-electron chi connectivity index (χ2n) is 7.44. The summed E-state index contributed by atoms with van der Waals surface area (Å²) < 4.78 is 11.8. The molecule has 0 aliphatic carbocycles. The van der Waals surface area contributed by atoms with E-state index in [1.807, 2.05) is 79.7 Å². The molecule has 0 aliphatic heterocycles. The minimum absolute atomic E-state index is 0.179. The Labute approximate surface area is 186 Å². The summed E-state index contributed by atoms with van der Waals surface area (Å²) in [5.74, 6) is 0.925. The second-order valence-corrected chi connectivity index (χ2v) is 7.84. The Bertz CT molecular complexity index is 1190. The Morgan fingerprint density at radius 1 is 1.06 bits per heavy atom. The van der Waals surface area contributed by atoms with Crippen LogP contribution in [0.5, 0.6) is 5.75 Å². The summed E-state index contributed by atoms with van der Waals surface area (Å²) in [7, 11) is 0. The van der Waals surface area contributed by atoms with E-state index in [0.717, 1.165) is 16.6 Å². The lowest BCUT2D eigenvalue weighted by molar-refractivity contribution is -0.139. The molecule has 0 saturated carbocycles. The summed E-state index contributed by atoms with van der Waals surface area (Å²) in [4.78, 5) is 19.6. The fourth-order valence-corrected chi connectivity index (χ4v) is 3.57. The van der Waals surface area contributed by atoms with E-state index >= 15 is 0 Å². The maximum absolute atomic E-state index is 13.3. The first-order valence-corrected chi connectivity index (χ1v) is 10.5. The van der Waals surface area contributed by atoms with E-state index < -0.39 is 6.10 Å². The number of carbonyl (C=O) groups excluding carboxylic acids is 1. The SMILES string of the molecule is Cc1ccc2oc(CN(Cc3ccccc3Cl)C(=O)[C@H](C)Oc3ccccc3)nc2c1. The number of benzene rings is 3. The first kappa shape index (κ1) is 20.9. The minimum Gasteiger partial charge on any atom is -0.481 e. The summed E-state index contributed by atoms with van der Waals surface area (Å²) in [6.07, 6.45) is -0.684. The largest absolute Gasteiger partial charge is 0.481 e. The zero-order chi connectivity index (χ0) is 21.8. The van der Waals surface area contributed by atoms with Crippen LogP contribution < -0.4 is 4.74 Å². The van der Waals surface area contributed by atoms with E-state index in [-0.39, 0.29) is 12.5 Å². The summed E-state index contributed by atoms with van der Waals surface area (Å²) >= 11 is 6.36. The lowest BCUT2D eigenvalue weighted by Gasteiger charge is -2.25. The number of hydrogen-bond acceptors (Lipinski definition) is 4. The van der Waals surface area contributed by atoms with Crippen LogP contribution in [-0.2, 0) is 17.9 Å². The van der Waals surface area contributed by atoms with Crippen LogP contribution in [0.15, 0.2) is 77.2 Å². The van der Waals surface area contributed by atoms with Crippen molar-refractivity contribution in [3.05, 3.63) is 94.8 Å². The van der Waals surface area contributed by atoms with Crippen LogP contribution in [-0.4, -0.2) is 21.9 Å². The van der Waals surface area contributed by atoms with Crippen molar-refractivity contribution >= 4 is 28.6 Å². The number of fused-ring (bicyclic) bond motifs is 1. The molecule has 0 bridgehead atoms. The number of nitrogens with zero attached hydrogens (tertiary/aromatic N) is 2. The molecule has 0 unspecified atom stereocenters. The van der Waals surface area contributed by atoms with E-state index in [1.165, 1.54) is 0 Å². The molecule has 4 aromatic rings. The van der Waals surface area contributed by atoms with Crippen LogP contribution in [0.1, 0.15) is 23.9 Å². The Kier molecular flexibility index (Phi) is 6.23. The van der Waals surface area contributed by atoms with Gasteiger partial charge in [-0.3, -0.25) is 4.79 Å². The van der Waals surface area contributed by atoms with Crippen LogP contribution in [0.4, 0.5) is 0 Å². The van der Waals surface area contributed by atoms with Crippen LogP contribution >= 0.6 is 11.6 Å². The van der Waals surface area contributed by atoms with Crippen molar-refractivity contribution in [3.63, 3.8) is 0 Å². The van der Waals surface area contributed by atoms with Crippen molar-refractivity contribution in [1.29, 1.82) is 0 Å². The smallest absolute Gasteiger partial charge is 0.264 e. The predicted octanol–water partition coefficient (Wildman–Crippen LogP) is 5.79. The van der Waals surface area contributed by atoms with Gasteiger partial charge in [0.1, 0.15) is 11.3 Å². The average molecular weight is 435 g/mol. The van der Waals surface area contributed by atoms with Crippen molar-refractivity contribution in [2.45, 2.75) is 33.0 Å². The molecule has 1 atom stereocenters. The van der Waals surface area contributed by atoms with Crippen molar-refractivity contribution in [1.82, 2.24) is 9.88 Å². The van der Waals surface area contributed by atoms with Crippen LogP contribution in [0.3, 0.4) is 0 Å². The number of aromatic nitrogens is 1. The van der Waals surface area contributed by atoms with E-state index in [0.29, 0.717) is 28.8 Å². The van der Waals surface area contributed by atoms with Crippen molar-refractivity contribution in [3.8, 4) is 5.75 Å². The van der Waals surface area contributed by atoms with Gasteiger partial charge in [0.25, 0.3) is 5.91 Å². The number of oxazole rings is 1. The molecule has 0 N–H and O–H groups in total. The predicted molar refractivity (Wildman–Crippen MR) is 121 cm³/mol. The zero-order valence-corrected chi connectivity index (χ0v) is 18.2. The molecule has 0 fully saturated rings. The second kappa shape index (κ2) is 9.23. The maximum Gasteiger partial charge on any atom is 0.264 e. The molecule has 31 heavy (non-hydrogen) atoms. The highest BCUT2D eigenvalue weighted by molar-refractivity contribution is 6.31. The standard InChI is InChI=1S/C25H23ClN2O3/c1-17-12-13-23-22(14-17)27-24(31-23)16-28(15-19-8-6-7-11-21(19)26)25(29)18(2)30-20-9-4-3-5-10-20/h3-14,18H,15-16H2,1-2H3/t18-/m0/s1. The van der Waals surface area contributed by atoms with E-state index in [4.69, 9.17) is 20.8 Å². The summed E-state index contributed by atoms with van der Waals surface area (Å²) in [6, 6.07) is 22.6. The molecule has 3 aromatic carbocycles. The number of amides is 1. The third kappa shape index (κ3) is 5.06. The lowest BCUT2D eigenvalue weighted by Crippen LogP contribution is -2.39. The number of hydrogen-bond donors (Lipinski definition) is 0. The van der Waals surface area contributed by atoms with Crippen molar-refractivity contribution in [2.24, 2.45) is 0 Å². The minimum atomic E-state index is -0.684. The summed E-state index contributed by atoms with van der Waals surface area (Å²) in [6.45, 7) is 4.27. The van der Waals surface area contributed by atoms with E-state index in [1.54, 1.807) is 11.8 Å².